The normalized spacial score (nSPS) is 21.0. The average Bonchev–Trinajstić information content (AvgIpc) is 3.18. The van der Waals surface area contributed by atoms with Crippen LogP contribution < -0.4 is 5.32 Å². The first-order valence-electron chi connectivity index (χ1n) is 7.08. The number of ether oxygens (including phenoxy) is 1. The first-order chi connectivity index (χ1) is 8.50. The van der Waals surface area contributed by atoms with Crippen LogP contribution in [0.2, 0.25) is 0 Å². The fourth-order valence-electron chi connectivity index (χ4n) is 2.02. The topological polar surface area (TPSA) is 44.7 Å². The summed E-state index contributed by atoms with van der Waals surface area (Å²) in [5, 5.41) is 12.6. The Kier molecular flexibility index (Phi) is 6.57. The molecule has 0 aliphatic heterocycles. The Bertz CT molecular complexity index is 228. The number of likely N-dealkylation sites (N-methyl/N-ethyl adjacent to an activating group) is 2. The van der Waals surface area contributed by atoms with Crippen molar-refractivity contribution in [3.63, 3.8) is 0 Å². The molecule has 0 spiro atoms. The molecule has 2 unspecified atom stereocenters. The minimum absolute atomic E-state index is 0.167. The maximum absolute atomic E-state index is 9.39. The second-order valence-corrected chi connectivity index (χ2v) is 6.02. The lowest BCUT2D eigenvalue weighted by Crippen LogP contribution is -2.48. The monoisotopic (exact) mass is 258 g/mol. The van der Waals surface area contributed by atoms with Gasteiger partial charge in [0.05, 0.1) is 13.2 Å². The van der Waals surface area contributed by atoms with Gasteiger partial charge in [-0.15, -0.1) is 0 Å². The maximum Gasteiger partial charge on any atom is 0.0611 e. The van der Waals surface area contributed by atoms with E-state index in [0.29, 0.717) is 6.04 Å². The van der Waals surface area contributed by atoms with Crippen molar-refractivity contribution in [2.45, 2.75) is 44.7 Å². The van der Waals surface area contributed by atoms with E-state index in [2.05, 4.69) is 31.1 Å². The molecule has 1 aliphatic carbocycles. The number of nitrogens with one attached hydrogen (secondary N) is 1. The zero-order valence-electron chi connectivity index (χ0n) is 12.4. The summed E-state index contributed by atoms with van der Waals surface area (Å²) >= 11 is 0. The Morgan fingerprint density at radius 1 is 1.50 bits per heavy atom. The van der Waals surface area contributed by atoms with Gasteiger partial charge in [0.25, 0.3) is 0 Å². The van der Waals surface area contributed by atoms with Crippen LogP contribution in [0.1, 0.15) is 33.1 Å². The van der Waals surface area contributed by atoms with Crippen LogP contribution in [0.25, 0.3) is 0 Å². The van der Waals surface area contributed by atoms with Crippen LogP contribution in [0.3, 0.4) is 0 Å². The van der Waals surface area contributed by atoms with Gasteiger partial charge in [0.2, 0.25) is 0 Å². The highest BCUT2D eigenvalue weighted by Gasteiger charge is 2.25. The van der Waals surface area contributed by atoms with Crippen LogP contribution in [-0.2, 0) is 4.74 Å². The molecular weight excluding hydrogens is 228 g/mol. The van der Waals surface area contributed by atoms with Gasteiger partial charge in [-0.25, -0.2) is 0 Å². The zero-order valence-corrected chi connectivity index (χ0v) is 12.4. The van der Waals surface area contributed by atoms with Crippen LogP contribution in [0.15, 0.2) is 0 Å². The van der Waals surface area contributed by atoms with E-state index in [0.717, 1.165) is 32.1 Å². The predicted octanol–water partition coefficient (Wildman–Crippen LogP) is 1.09. The highest BCUT2D eigenvalue weighted by Crippen LogP contribution is 2.28. The highest BCUT2D eigenvalue weighted by atomic mass is 16.5. The maximum atomic E-state index is 9.39. The second-order valence-electron chi connectivity index (χ2n) is 6.02. The molecule has 0 bridgehead atoms. The van der Waals surface area contributed by atoms with Crippen LogP contribution in [0.4, 0.5) is 0 Å². The van der Waals surface area contributed by atoms with Gasteiger partial charge in [-0.1, -0.05) is 0 Å². The van der Waals surface area contributed by atoms with Gasteiger partial charge < -0.3 is 20.1 Å². The smallest absolute Gasteiger partial charge is 0.0611 e. The largest absolute Gasteiger partial charge is 0.394 e. The number of aliphatic hydroxyl groups excluding tert-OH is 1. The van der Waals surface area contributed by atoms with Gasteiger partial charge in [-0.2, -0.15) is 0 Å². The van der Waals surface area contributed by atoms with Crippen LogP contribution in [0.5, 0.6) is 0 Å². The molecule has 2 atom stereocenters. The van der Waals surface area contributed by atoms with Crippen molar-refractivity contribution in [3.8, 4) is 0 Å². The van der Waals surface area contributed by atoms with E-state index in [1.165, 1.54) is 12.8 Å². The molecule has 2 N–H and O–H groups in total. The zero-order chi connectivity index (χ0) is 13.6. The minimum Gasteiger partial charge on any atom is -0.394 e. The molecule has 1 fully saturated rings. The van der Waals surface area contributed by atoms with E-state index >= 15 is 0 Å². The number of rotatable bonds is 10. The Labute approximate surface area is 112 Å². The molecule has 1 saturated carbocycles. The van der Waals surface area contributed by atoms with Gasteiger partial charge in [0.1, 0.15) is 0 Å². The number of nitrogens with zero attached hydrogens (tertiary/aromatic N) is 1. The van der Waals surface area contributed by atoms with Crippen molar-refractivity contribution >= 4 is 0 Å². The third-order valence-electron chi connectivity index (χ3n) is 4.09. The molecule has 1 rings (SSSR count). The van der Waals surface area contributed by atoms with Crippen molar-refractivity contribution in [2.75, 3.05) is 40.5 Å². The molecule has 0 aromatic rings. The third kappa shape index (κ3) is 5.65. The van der Waals surface area contributed by atoms with Crippen LogP contribution >= 0.6 is 0 Å². The first kappa shape index (κ1) is 15.9. The molecule has 0 radical (unpaired) electrons. The summed E-state index contributed by atoms with van der Waals surface area (Å²) in [4.78, 5) is 2.30. The molecule has 0 saturated heterocycles. The summed E-state index contributed by atoms with van der Waals surface area (Å²) in [7, 11) is 4.03. The van der Waals surface area contributed by atoms with Crippen molar-refractivity contribution < 1.29 is 9.84 Å². The standard InChI is InChI=1S/C14H30N2O2/c1-12(9-14(2,11-17)15-3)16(4)7-8-18-10-13-5-6-13/h12-13,15,17H,5-11H2,1-4H3. The van der Waals surface area contributed by atoms with E-state index < -0.39 is 0 Å². The van der Waals surface area contributed by atoms with E-state index in [1.807, 2.05) is 7.05 Å². The molecule has 4 nitrogen and oxygen atoms in total. The number of hydrogen-bond acceptors (Lipinski definition) is 4. The summed E-state index contributed by atoms with van der Waals surface area (Å²) in [6.07, 6.45) is 3.63. The lowest BCUT2D eigenvalue weighted by molar-refractivity contribution is 0.0804. The lowest BCUT2D eigenvalue weighted by atomic mass is 9.94. The highest BCUT2D eigenvalue weighted by molar-refractivity contribution is 4.85. The lowest BCUT2D eigenvalue weighted by Gasteiger charge is -2.34. The molecular formula is C14H30N2O2. The summed E-state index contributed by atoms with van der Waals surface area (Å²) in [6, 6.07) is 0.430. The molecule has 18 heavy (non-hydrogen) atoms. The minimum atomic E-state index is -0.192. The molecule has 108 valence electrons. The van der Waals surface area contributed by atoms with E-state index in [9.17, 15) is 5.11 Å². The van der Waals surface area contributed by atoms with E-state index in [4.69, 9.17) is 4.74 Å². The summed E-state index contributed by atoms with van der Waals surface area (Å²) in [5.41, 5.74) is -0.192. The summed E-state index contributed by atoms with van der Waals surface area (Å²) < 4.78 is 5.65. The SMILES string of the molecule is CNC(C)(CO)CC(C)N(C)CCOCC1CC1. The molecule has 0 aromatic carbocycles. The fraction of sp³-hybridized carbons (Fsp3) is 1.00. The summed E-state index contributed by atoms with van der Waals surface area (Å²) in [5.74, 6) is 0.842. The van der Waals surface area contributed by atoms with Gasteiger partial charge >= 0.3 is 0 Å². The molecule has 4 heteroatoms. The van der Waals surface area contributed by atoms with Crippen LogP contribution in [0, 0.1) is 5.92 Å². The predicted molar refractivity (Wildman–Crippen MR) is 74.8 cm³/mol. The quantitative estimate of drug-likeness (QED) is 0.576. The third-order valence-corrected chi connectivity index (χ3v) is 4.09. The molecule has 0 amide bonds. The van der Waals surface area contributed by atoms with Gasteiger partial charge in [0.15, 0.2) is 0 Å². The molecule has 0 heterocycles. The summed E-state index contributed by atoms with van der Waals surface area (Å²) in [6.45, 7) is 7.13. The van der Waals surface area contributed by atoms with Crippen molar-refractivity contribution in [1.29, 1.82) is 0 Å². The van der Waals surface area contributed by atoms with Crippen molar-refractivity contribution in [1.82, 2.24) is 10.2 Å². The molecule has 1 aliphatic rings. The van der Waals surface area contributed by atoms with Crippen molar-refractivity contribution in [2.24, 2.45) is 5.92 Å². The Balaban J connectivity index is 2.15. The Morgan fingerprint density at radius 2 is 2.17 bits per heavy atom. The van der Waals surface area contributed by atoms with Gasteiger partial charge in [-0.3, -0.25) is 0 Å². The number of aliphatic hydroxyl groups is 1. The second kappa shape index (κ2) is 7.43. The Hall–Kier alpha value is -0.160. The first-order valence-corrected chi connectivity index (χ1v) is 7.08. The molecule has 0 aromatic heterocycles. The van der Waals surface area contributed by atoms with E-state index in [-0.39, 0.29) is 12.1 Å². The van der Waals surface area contributed by atoms with Gasteiger partial charge in [-0.05, 0) is 53.1 Å². The van der Waals surface area contributed by atoms with E-state index in [1.54, 1.807) is 0 Å². The number of hydrogen-bond donors (Lipinski definition) is 2. The fourth-order valence-corrected chi connectivity index (χ4v) is 2.02. The van der Waals surface area contributed by atoms with Crippen molar-refractivity contribution in [3.05, 3.63) is 0 Å². The average molecular weight is 258 g/mol. The van der Waals surface area contributed by atoms with Crippen LogP contribution in [-0.4, -0.2) is 62.0 Å². The Morgan fingerprint density at radius 3 is 2.67 bits per heavy atom. The van der Waals surface area contributed by atoms with Gasteiger partial charge in [0, 0.05) is 24.7 Å².